The number of aryl methyl sites for hydroxylation is 1. The van der Waals surface area contributed by atoms with Crippen molar-refractivity contribution in [2.45, 2.75) is 6.92 Å². The van der Waals surface area contributed by atoms with Crippen LogP contribution in [0.3, 0.4) is 0 Å². The molecule has 0 N–H and O–H groups in total. The summed E-state index contributed by atoms with van der Waals surface area (Å²) < 4.78 is 14.8. The van der Waals surface area contributed by atoms with E-state index in [2.05, 4.69) is 76.9 Å². The summed E-state index contributed by atoms with van der Waals surface area (Å²) in [4.78, 5) is 6.79. The first-order chi connectivity index (χ1) is 18.2. The van der Waals surface area contributed by atoms with Crippen molar-refractivity contribution in [2.24, 2.45) is 0 Å². The lowest BCUT2D eigenvalue weighted by Gasteiger charge is -2.17. The molecule has 37 heavy (non-hydrogen) atoms. The van der Waals surface area contributed by atoms with E-state index >= 15 is 0 Å². The van der Waals surface area contributed by atoms with Crippen molar-refractivity contribution in [2.75, 3.05) is 11.9 Å². The number of rotatable bonds is 4. The molecule has 4 aromatic carbocycles. The van der Waals surface area contributed by atoms with Gasteiger partial charge in [0, 0.05) is 23.0 Å². The van der Waals surface area contributed by atoms with Gasteiger partial charge in [-0.3, -0.25) is 4.57 Å². The van der Waals surface area contributed by atoms with Gasteiger partial charge >= 0.3 is 7.05 Å². The molecule has 6 heteroatoms. The van der Waals surface area contributed by atoms with Gasteiger partial charge in [0.1, 0.15) is 23.1 Å². The molecule has 0 unspecified atom stereocenters. The van der Waals surface area contributed by atoms with Crippen LogP contribution in [0.5, 0.6) is 17.2 Å². The molecule has 0 atom stereocenters. The molecule has 6 aromatic rings. The average Bonchev–Trinajstić information content (AvgIpc) is 3.43. The Labute approximate surface area is 215 Å². The van der Waals surface area contributed by atoms with Gasteiger partial charge in [0.15, 0.2) is 0 Å². The van der Waals surface area contributed by atoms with E-state index in [4.69, 9.17) is 9.39 Å². The molecule has 0 saturated carbocycles. The lowest BCUT2D eigenvalue weighted by molar-refractivity contribution is 0.483. The number of hydrogen-bond acceptors (Lipinski definition) is 4. The fraction of sp³-hybridized carbons (Fsp3) is 0.0645. The number of nitrogens with zero attached hydrogens (tertiary/aromatic N) is 3. The van der Waals surface area contributed by atoms with Gasteiger partial charge < -0.3 is 14.2 Å². The molecule has 178 valence electrons. The molecule has 0 fully saturated rings. The number of hydrogen-bond donors (Lipinski definition) is 0. The van der Waals surface area contributed by atoms with Crippen LogP contribution in [0.2, 0.25) is 0 Å². The summed E-state index contributed by atoms with van der Waals surface area (Å²) in [5.41, 5.74) is 5.53. The minimum atomic E-state index is -0.196. The third-order valence-electron chi connectivity index (χ3n) is 6.99. The van der Waals surface area contributed by atoms with E-state index < -0.39 is 0 Å². The summed E-state index contributed by atoms with van der Waals surface area (Å²) in [7, 11) is 1.86. The quantitative estimate of drug-likeness (QED) is 0.270. The second-order valence-corrected chi connectivity index (χ2v) is 9.45. The Kier molecular flexibility index (Phi) is 4.93. The Morgan fingerprint density at radius 1 is 0.757 bits per heavy atom. The molecule has 0 aliphatic carbocycles. The van der Waals surface area contributed by atoms with Crippen LogP contribution in [0.15, 0.2) is 109 Å². The van der Waals surface area contributed by atoms with Crippen LogP contribution in [-0.4, -0.2) is 23.6 Å². The molecule has 2 aromatic heterocycles. The van der Waals surface area contributed by atoms with E-state index in [-0.39, 0.29) is 7.05 Å². The molecule has 0 saturated heterocycles. The van der Waals surface area contributed by atoms with E-state index in [1.807, 2.05) is 60.8 Å². The number of fused-ring (bicyclic) bond motifs is 4. The second kappa shape index (κ2) is 8.45. The minimum Gasteiger partial charge on any atom is -0.536 e. The van der Waals surface area contributed by atoms with Crippen molar-refractivity contribution >= 4 is 40.0 Å². The SMILES string of the molecule is Cc1ccc2c(c1)c1ccc(Oc3cccc(B4Oc5ccccc5N4C)c3)cc1n2-c1ccccn1. The first-order valence-electron chi connectivity index (χ1n) is 12.4. The molecule has 3 heterocycles. The maximum absolute atomic E-state index is 6.40. The lowest BCUT2D eigenvalue weighted by atomic mass is 9.72. The van der Waals surface area contributed by atoms with E-state index in [1.165, 1.54) is 16.3 Å². The molecular formula is C31H24BN3O2. The number of aromatic nitrogens is 2. The summed E-state index contributed by atoms with van der Waals surface area (Å²) in [5, 5.41) is 2.37. The predicted molar refractivity (Wildman–Crippen MR) is 151 cm³/mol. The normalized spacial score (nSPS) is 12.7. The zero-order valence-electron chi connectivity index (χ0n) is 20.6. The van der Waals surface area contributed by atoms with Crippen molar-refractivity contribution in [3.8, 4) is 23.1 Å². The molecule has 7 rings (SSSR count). The summed E-state index contributed by atoms with van der Waals surface area (Å²) in [5.74, 6) is 3.31. The summed E-state index contributed by atoms with van der Waals surface area (Å²) in [6.45, 7) is 2.12. The minimum absolute atomic E-state index is 0.196. The zero-order chi connectivity index (χ0) is 24.9. The first-order valence-corrected chi connectivity index (χ1v) is 12.4. The highest BCUT2D eigenvalue weighted by Crippen LogP contribution is 2.36. The van der Waals surface area contributed by atoms with Crippen LogP contribution in [0.25, 0.3) is 27.6 Å². The summed E-state index contributed by atoms with van der Waals surface area (Å²) in [6.07, 6.45) is 1.83. The van der Waals surface area contributed by atoms with Crippen LogP contribution in [0.4, 0.5) is 5.69 Å². The number of pyridine rings is 1. The third kappa shape index (κ3) is 3.61. The van der Waals surface area contributed by atoms with Gasteiger partial charge in [-0.15, -0.1) is 0 Å². The first kappa shape index (κ1) is 21.6. The van der Waals surface area contributed by atoms with Gasteiger partial charge in [0.2, 0.25) is 0 Å². The predicted octanol–water partition coefficient (Wildman–Crippen LogP) is 6.50. The molecule has 0 radical (unpaired) electrons. The fourth-order valence-corrected chi connectivity index (χ4v) is 5.24. The van der Waals surface area contributed by atoms with Crippen molar-refractivity contribution in [1.29, 1.82) is 0 Å². The Morgan fingerprint density at radius 3 is 2.49 bits per heavy atom. The monoisotopic (exact) mass is 481 g/mol. The van der Waals surface area contributed by atoms with E-state index in [1.54, 1.807) is 0 Å². The fourth-order valence-electron chi connectivity index (χ4n) is 5.24. The van der Waals surface area contributed by atoms with Gasteiger partial charge in [-0.25, -0.2) is 4.98 Å². The molecular weight excluding hydrogens is 457 g/mol. The van der Waals surface area contributed by atoms with Crippen molar-refractivity contribution in [3.63, 3.8) is 0 Å². The van der Waals surface area contributed by atoms with Crippen LogP contribution in [0, 0.1) is 6.92 Å². The summed E-state index contributed by atoms with van der Waals surface area (Å²) in [6, 6.07) is 35.0. The van der Waals surface area contributed by atoms with Crippen LogP contribution >= 0.6 is 0 Å². The van der Waals surface area contributed by atoms with Crippen LogP contribution in [-0.2, 0) is 0 Å². The average molecular weight is 481 g/mol. The number of ether oxygens (including phenoxy) is 1. The van der Waals surface area contributed by atoms with Gasteiger partial charge in [0.05, 0.1) is 16.7 Å². The van der Waals surface area contributed by atoms with E-state index in [0.29, 0.717) is 0 Å². The molecule has 1 aliphatic heterocycles. The third-order valence-corrected chi connectivity index (χ3v) is 6.99. The van der Waals surface area contributed by atoms with E-state index in [0.717, 1.165) is 45.2 Å². The second-order valence-electron chi connectivity index (χ2n) is 9.45. The van der Waals surface area contributed by atoms with Crippen molar-refractivity contribution in [1.82, 2.24) is 9.55 Å². The van der Waals surface area contributed by atoms with Crippen LogP contribution < -0.4 is 19.7 Å². The Bertz CT molecular complexity index is 1780. The molecule has 0 amide bonds. The highest BCUT2D eigenvalue weighted by Gasteiger charge is 2.35. The van der Waals surface area contributed by atoms with Gasteiger partial charge in [-0.1, -0.05) is 42.0 Å². The summed E-state index contributed by atoms with van der Waals surface area (Å²) >= 11 is 0. The zero-order valence-corrected chi connectivity index (χ0v) is 20.6. The molecule has 0 spiro atoms. The number of para-hydroxylation sites is 2. The van der Waals surface area contributed by atoms with Gasteiger partial charge in [-0.05, 0) is 80.1 Å². The molecule has 1 aliphatic rings. The molecule has 5 nitrogen and oxygen atoms in total. The van der Waals surface area contributed by atoms with Gasteiger partial charge in [-0.2, -0.15) is 0 Å². The Balaban J connectivity index is 1.28. The maximum Gasteiger partial charge on any atom is 0.519 e. The maximum atomic E-state index is 6.40. The van der Waals surface area contributed by atoms with E-state index in [9.17, 15) is 0 Å². The van der Waals surface area contributed by atoms with Gasteiger partial charge in [0.25, 0.3) is 0 Å². The van der Waals surface area contributed by atoms with Crippen LogP contribution in [0.1, 0.15) is 5.56 Å². The van der Waals surface area contributed by atoms with Crippen molar-refractivity contribution < 1.29 is 9.39 Å². The number of anilines is 1. The highest BCUT2D eigenvalue weighted by molar-refractivity contribution is 6.73. The largest absolute Gasteiger partial charge is 0.536 e. The molecule has 0 bridgehead atoms. The Hall–Kier alpha value is -4.71. The highest BCUT2D eigenvalue weighted by atomic mass is 16.5. The smallest absolute Gasteiger partial charge is 0.519 e. The lowest BCUT2D eigenvalue weighted by Crippen LogP contribution is -2.47. The van der Waals surface area contributed by atoms with Crippen molar-refractivity contribution in [3.05, 3.63) is 115 Å². The Morgan fingerprint density at radius 2 is 1.62 bits per heavy atom. The standard InChI is InChI=1S/C31H24BN3O2/c1-21-13-16-27-26(18-21)25-15-14-24(20-29(25)35(27)31-12-5-6-17-33-31)36-23-9-7-8-22(19-23)32-34(2)28-10-3-4-11-30(28)37-32/h3-20H,1-2H3. The topological polar surface area (TPSA) is 39.5 Å². The number of benzene rings is 4.